The quantitative estimate of drug-likeness (QED) is 0.750. The molecule has 0 aromatic heterocycles. The largest absolute Gasteiger partial charge is 0.378 e. The molecule has 110 valence electrons. The Labute approximate surface area is 115 Å². The summed E-state index contributed by atoms with van der Waals surface area (Å²) in [5.41, 5.74) is 0.0238. The molecule has 1 atom stereocenters. The lowest BCUT2D eigenvalue weighted by Crippen LogP contribution is -2.42. The normalized spacial score (nSPS) is 26.6. The third-order valence-electron chi connectivity index (χ3n) is 3.81. The van der Waals surface area contributed by atoms with Crippen LogP contribution in [0.3, 0.4) is 0 Å². The summed E-state index contributed by atoms with van der Waals surface area (Å²) in [5.74, 6) is 0.225. The predicted octanol–water partition coefficient (Wildman–Crippen LogP) is 0.783. The lowest BCUT2D eigenvalue weighted by molar-refractivity contribution is -0.135. The summed E-state index contributed by atoms with van der Waals surface area (Å²) in [5, 5.41) is 3.33. The van der Waals surface area contributed by atoms with Crippen molar-refractivity contribution in [2.75, 3.05) is 39.4 Å². The standard InChI is InChI=1S/C14H26N2O3/c1-14(2)5-3-12(19-14)11-15-6-4-13(17)16-7-9-18-10-8-16/h12,15H,3-11H2,1-2H3. The third-order valence-corrected chi connectivity index (χ3v) is 3.81. The van der Waals surface area contributed by atoms with Crippen LogP contribution in [-0.2, 0) is 14.3 Å². The van der Waals surface area contributed by atoms with Gasteiger partial charge < -0.3 is 19.7 Å². The molecule has 0 aromatic carbocycles. The molecule has 0 saturated carbocycles. The van der Waals surface area contributed by atoms with Crippen LogP contribution in [0.4, 0.5) is 0 Å². The van der Waals surface area contributed by atoms with Gasteiger partial charge in [0.25, 0.3) is 0 Å². The maximum Gasteiger partial charge on any atom is 0.224 e. The van der Waals surface area contributed by atoms with Gasteiger partial charge in [0.2, 0.25) is 5.91 Å². The van der Waals surface area contributed by atoms with Gasteiger partial charge in [-0.15, -0.1) is 0 Å². The Morgan fingerprint density at radius 1 is 1.37 bits per heavy atom. The second-order valence-electron chi connectivity index (χ2n) is 5.99. The molecule has 2 fully saturated rings. The van der Waals surface area contributed by atoms with E-state index in [1.54, 1.807) is 0 Å². The first-order chi connectivity index (χ1) is 9.07. The molecule has 0 bridgehead atoms. The minimum absolute atomic E-state index is 0.0238. The van der Waals surface area contributed by atoms with Crippen molar-refractivity contribution < 1.29 is 14.3 Å². The van der Waals surface area contributed by atoms with E-state index in [1.807, 2.05) is 4.90 Å². The summed E-state index contributed by atoms with van der Waals surface area (Å²) < 4.78 is 11.1. The number of carbonyl (C=O) groups excluding carboxylic acids is 1. The van der Waals surface area contributed by atoms with Crippen LogP contribution in [0.15, 0.2) is 0 Å². The lowest BCUT2D eigenvalue weighted by Gasteiger charge is -2.27. The Morgan fingerprint density at radius 2 is 2.11 bits per heavy atom. The number of ether oxygens (including phenoxy) is 2. The number of hydrogen-bond acceptors (Lipinski definition) is 4. The molecule has 0 radical (unpaired) electrons. The molecule has 2 rings (SSSR count). The van der Waals surface area contributed by atoms with Crippen molar-refractivity contribution >= 4 is 5.91 Å². The van der Waals surface area contributed by atoms with E-state index in [4.69, 9.17) is 9.47 Å². The Morgan fingerprint density at radius 3 is 2.74 bits per heavy atom. The first-order valence-electron chi connectivity index (χ1n) is 7.31. The van der Waals surface area contributed by atoms with Gasteiger partial charge in [0.1, 0.15) is 0 Å². The molecule has 0 aromatic rings. The Balaban J connectivity index is 1.55. The predicted molar refractivity (Wildman–Crippen MR) is 73.1 cm³/mol. The zero-order chi connectivity index (χ0) is 13.7. The highest BCUT2D eigenvalue weighted by molar-refractivity contribution is 5.76. The smallest absolute Gasteiger partial charge is 0.224 e. The molecule has 0 aliphatic carbocycles. The van der Waals surface area contributed by atoms with Gasteiger partial charge in [-0.25, -0.2) is 0 Å². The Kier molecular flexibility index (Phi) is 5.19. The van der Waals surface area contributed by atoms with E-state index in [1.165, 1.54) is 0 Å². The number of nitrogens with one attached hydrogen (secondary N) is 1. The molecule has 5 heteroatoms. The second-order valence-corrected chi connectivity index (χ2v) is 5.99. The summed E-state index contributed by atoms with van der Waals surface area (Å²) in [6.07, 6.45) is 3.09. The molecular weight excluding hydrogens is 244 g/mol. The highest BCUT2D eigenvalue weighted by Gasteiger charge is 2.31. The average Bonchev–Trinajstić information content (AvgIpc) is 2.75. The van der Waals surface area contributed by atoms with Crippen molar-refractivity contribution in [3.05, 3.63) is 0 Å². The van der Waals surface area contributed by atoms with E-state index >= 15 is 0 Å². The number of rotatable bonds is 5. The molecule has 19 heavy (non-hydrogen) atoms. The van der Waals surface area contributed by atoms with Crippen LogP contribution < -0.4 is 5.32 Å². The maximum atomic E-state index is 11.9. The zero-order valence-corrected chi connectivity index (χ0v) is 12.1. The fourth-order valence-electron chi connectivity index (χ4n) is 2.65. The fraction of sp³-hybridized carbons (Fsp3) is 0.929. The topological polar surface area (TPSA) is 50.8 Å². The summed E-state index contributed by atoms with van der Waals surface area (Å²) >= 11 is 0. The summed E-state index contributed by atoms with van der Waals surface area (Å²) in [4.78, 5) is 13.8. The Bertz CT molecular complexity index is 301. The molecular formula is C14H26N2O3. The molecule has 2 aliphatic heterocycles. The second kappa shape index (κ2) is 6.68. The first-order valence-corrected chi connectivity index (χ1v) is 7.31. The lowest BCUT2D eigenvalue weighted by atomic mass is 10.1. The number of morpholine rings is 1. The van der Waals surface area contributed by atoms with Gasteiger partial charge in [-0.05, 0) is 26.7 Å². The SMILES string of the molecule is CC1(C)CCC(CNCCC(=O)N2CCOCC2)O1. The molecule has 2 heterocycles. The van der Waals surface area contributed by atoms with Gasteiger partial charge in [-0.1, -0.05) is 0 Å². The van der Waals surface area contributed by atoms with Crippen molar-refractivity contribution in [3.8, 4) is 0 Å². The number of nitrogens with zero attached hydrogens (tertiary/aromatic N) is 1. The van der Waals surface area contributed by atoms with Crippen molar-refractivity contribution in [2.24, 2.45) is 0 Å². The van der Waals surface area contributed by atoms with Crippen LogP contribution >= 0.6 is 0 Å². The van der Waals surface area contributed by atoms with E-state index in [0.29, 0.717) is 25.7 Å². The minimum atomic E-state index is 0.0238. The van der Waals surface area contributed by atoms with Gasteiger partial charge in [0.05, 0.1) is 24.9 Å². The number of amides is 1. The van der Waals surface area contributed by atoms with Crippen LogP contribution in [0.1, 0.15) is 33.1 Å². The van der Waals surface area contributed by atoms with Gasteiger partial charge in [-0.2, -0.15) is 0 Å². The molecule has 1 N–H and O–H groups in total. The maximum absolute atomic E-state index is 11.9. The number of hydrogen-bond donors (Lipinski definition) is 1. The molecule has 1 unspecified atom stereocenters. The van der Waals surface area contributed by atoms with E-state index < -0.39 is 0 Å². The van der Waals surface area contributed by atoms with Crippen molar-refractivity contribution in [2.45, 2.75) is 44.8 Å². The van der Waals surface area contributed by atoms with Gasteiger partial charge >= 0.3 is 0 Å². The van der Waals surface area contributed by atoms with Crippen molar-refractivity contribution in [1.82, 2.24) is 10.2 Å². The molecule has 2 saturated heterocycles. The highest BCUT2D eigenvalue weighted by atomic mass is 16.5. The van der Waals surface area contributed by atoms with E-state index in [0.717, 1.165) is 39.0 Å². The minimum Gasteiger partial charge on any atom is -0.378 e. The van der Waals surface area contributed by atoms with Crippen molar-refractivity contribution in [3.63, 3.8) is 0 Å². The summed E-state index contributed by atoms with van der Waals surface area (Å²) in [7, 11) is 0. The first kappa shape index (κ1) is 14.8. The van der Waals surface area contributed by atoms with Gasteiger partial charge in [0.15, 0.2) is 0 Å². The van der Waals surface area contributed by atoms with Gasteiger partial charge in [0, 0.05) is 32.6 Å². The molecule has 2 aliphatic rings. The van der Waals surface area contributed by atoms with Crippen LogP contribution in [0, 0.1) is 0 Å². The highest BCUT2D eigenvalue weighted by Crippen LogP contribution is 2.28. The molecule has 5 nitrogen and oxygen atoms in total. The van der Waals surface area contributed by atoms with E-state index in [2.05, 4.69) is 19.2 Å². The zero-order valence-electron chi connectivity index (χ0n) is 12.1. The number of carbonyl (C=O) groups is 1. The van der Waals surface area contributed by atoms with E-state index in [9.17, 15) is 4.79 Å². The fourth-order valence-corrected chi connectivity index (χ4v) is 2.65. The molecule has 0 spiro atoms. The van der Waals surface area contributed by atoms with Crippen LogP contribution in [0.2, 0.25) is 0 Å². The average molecular weight is 270 g/mol. The molecule has 1 amide bonds. The van der Waals surface area contributed by atoms with Crippen molar-refractivity contribution in [1.29, 1.82) is 0 Å². The van der Waals surface area contributed by atoms with Gasteiger partial charge in [-0.3, -0.25) is 4.79 Å². The van der Waals surface area contributed by atoms with Crippen LogP contribution in [0.5, 0.6) is 0 Å². The third kappa shape index (κ3) is 4.75. The monoisotopic (exact) mass is 270 g/mol. The van der Waals surface area contributed by atoms with Crippen LogP contribution in [-0.4, -0.2) is 61.9 Å². The van der Waals surface area contributed by atoms with Crippen LogP contribution in [0.25, 0.3) is 0 Å². The summed E-state index contributed by atoms with van der Waals surface area (Å²) in [6, 6.07) is 0. The van der Waals surface area contributed by atoms with E-state index in [-0.39, 0.29) is 11.5 Å². The Hall–Kier alpha value is -0.650. The summed E-state index contributed by atoms with van der Waals surface area (Å²) in [6.45, 7) is 8.66.